The molecule has 1 aliphatic heterocycles. The second-order valence-corrected chi connectivity index (χ2v) is 9.10. The zero-order valence-electron chi connectivity index (χ0n) is 21.2. The number of hydrogen-bond donors (Lipinski definition) is 1. The van der Waals surface area contributed by atoms with Crippen LogP contribution in [-0.4, -0.2) is 46.3 Å². The average molecular weight is 498 g/mol. The molecule has 0 atom stereocenters. The summed E-state index contributed by atoms with van der Waals surface area (Å²) in [6.45, 7) is 3.25. The number of carbonyl (C=O) groups excluding carboxylic acids is 1. The van der Waals surface area contributed by atoms with E-state index in [1.165, 1.54) is 5.56 Å². The molecule has 0 saturated heterocycles. The van der Waals surface area contributed by atoms with Crippen molar-refractivity contribution in [3.63, 3.8) is 0 Å². The van der Waals surface area contributed by atoms with Gasteiger partial charge in [0.2, 0.25) is 0 Å². The van der Waals surface area contributed by atoms with Crippen molar-refractivity contribution < 1.29 is 14.3 Å². The van der Waals surface area contributed by atoms with Crippen molar-refractivity contribution in [2.75, 3.05) is 20.8 Å². The Labute approximate surface area is 216 Å². The molecule has 8 nitrogen and oxygen atoms in total. The minimum Gasteiger partial charge on any atom is -0.497 e. The van der Waals surface area contributed by atoms with E-state index in [-0.39, 0.29) is 5.91 Å². The number of aromatic nitrogens is 3. The predicted molar refractivity (Wildman–Crippen MR) is 141 cm³/mol. The van der Waals surface area contributed by atoms with Crippen LogP contribution in [0.15, 0.2) is 72.9 Å². The van der Waals surface area contributed by atoms with E-state index in [9.17, 15) is 4.79 Å². The lowest BCUT2D eigenvalue weighted by Crippen LogP contribution is -2.32. The largest absolute Gasteiger partial charge is 0.497 e. The van der Waals surface area contributed by atoms with Gasteiger partial charge in [0.25, 0.3) is 5.91 Å². The minimum absolute atomic E-state index is 0.171. The third-order valence-electron chi connectivity index (χ3n) is 6.62. The van der Waals surface area contributed by atoms with Crippen LogP contribution in [0.3, 0.4) is 0 Å². The zero-order valence-corrected chi connectivity index (χ0v) is 21.2. The number of nitrogens with one attached hydrogen (secondary N) is 1. The third kappa shape index (κ3) is 5.81. The highest BCUT2D eigenvalue weighted by molar-refractivity contribution is 5.94. The summed E-state index contributed by atoms with van der Waals surface area (Å²) in [7, 11) is 3.32. The fourth-order valence-electron chi connectivity index (χ4n) is 4.68. The summed E-state index contributed by atoms with van der Waals surface area (Å²) >= 11 is 0. The van der Waals surface area contributed by atoms with Gasteiger partial charge in [-0.1, -0.05) is 30.3 Å². The zero-order chi connectivity index (χ0) is 25.6. The minimum atomic E-state index is -0.171. The van der Waals surface area contributed by atoms with Crippen LogP contribution in [0.1, 0.15) is 38.6 Å². The molecule has 0 radical (unpaired) electrons. The Bertz CT molecular complexity index is 1350. The lowest BCUT2D eigenvalue weighted by molar-refractivity contribution is 0.0942. The number of benzene rings is 2. The van der Waals surface area contributed by atoms with Crippen molar-refractivity contribution in [1.82, 2.24) is 25.0 Å². The normalized spacial score (nSPS) is 13.1. The van der Waals surface area contributed by atoms with Crippen LogP contribution >= 0.6 is 0 Å². The Morgan fingerprint density at radius 3 is 2.54 bits per heavy atom. The van der Waals surface area contributed by atoms with Crippen LogP contribution in [0.4, 0.5) is 0 Å². The number of nitrogens with zero attached hydrogens (tertiary/aromatic N) is 4. The van der Waals surface area contributed by atoms with Gasteiger partial charge in [0, 0.05) is 50.1 Å². The number of carbonyl (C=O) groups is 1. The molecule has 0 fully saturated rings. The van der Waals surface area contributed by atoms with E-state index < -0.39 is 0 Å². The molecule has 2 aromatic carbocycles. The van der Waals surface area contributed by atoms with Gasteiger partial charge in [-0.15, -0.1) is 0 Å². The molecule has 0 saturated carbocycles. The van der Waals surface area contributed by atoms with Gasteiger partial charge in [0.1, 0.15) is 11.5 Å². The number of methoxy groups -OCH3 is 2. The maximum atomic E-state index is 13.4. The predicted octanol–water partition coefficient (Wildman–Crippen LogP) is 3.83. The van der Waals surface area contributed by atoms with Crippen LogP contribution in [-0.2, 0) is 32.6 Å². The van der Waals surface area contributed by atoms with E-state index in [0.29, 0.717) is 25.3 Å². The van der Waals surface area contributed by atoms with E-state index in [1.54, 1.807) is 20.4 Å². The Morgan fingerprint density at radius 1 is 0.946 bits per heavy atom. The van der Waals surface area contributed by atoms with E-state index in [4.69, 9.17) is 14.6 Å². The lowest BCUT2D eigenvalue weighted by Gasteiger charge is -2.28. The molecule has 1 amide bonds. The topological polar surface area (TPSA) is 81.5 Å². The van der Waals surface area contributed by atoms with E-state index >= 15 is 0 Å². The summed E-state index contributed by atoms with van der Waals surface area (Å²) in [5, 5.41) is 7.85. The summed E-state index contributed by atoms with van der Waals surface area (Å²) in [6.07, 6.45) is 2.59. The molecule has 8 heteroatoms. The maximum absolute atomic E-state index is 13.4. The van der Waals surface area contributed by atoms with Crippen molar-refractivity contribution in [2.24, 2.45) is 0 Å². The molecule has 0 unspecified atom stereocenters. The van der Waals surface area contributed by atoms with E-state index in [0.717, 1.165) is 53.5 Å². The molecule has 0 spiro atoms. The highest BCUT2D eigenvalue weighted by Crippen LogP contribution is 2.26. The van der Waals surface area contributed by atoms with Crippen LogP contribution in [0.5, 0.6) is 11.5 Å². The second kappa shape index (κ2) is 11.3. The Balaban J connectivity index is 1.37. The van der Waals surface area contributed by atoms with Crippen molar-refractivity contribution in [3.05, 3.63) is 107 Å². The number of amides is 1. The van der Waals surface area contributed by atoms with Gasteiger partial charge >= 0.3 is 0 Å². The van der Waals surface area contributed by atoms with Gasteiger partial charge in [0.05, 0.1) is 26.5 Å². The van der Waals surface area contributed by atoms with Gasteiger partial charge in [-0.25, -0.2) is 0 Å². The summed E-state index contributed by atoms with van der Waals surface area (Å²) in [4.78, 5) is 20.2. The smallest absolute Gasteiger partial charge is 0.272 e. The maximum Gasteiger partial charge on any atom is 0.272 e. The molecule has 0 aliphatic carbocycles. The van der Waals surface area contributed by atoms with Gasteiger partial charge < -0.3 is 14.8 Å². The van der Waals surface area contributed by atoms with Crippen LogP contribution in [0, 0.1) is 0 Å². The first kappa shape index (κ1) is 24.5. The third-order valence-corrected chi connectivity index (χ3v) is 6.62. The molecule has 190 valence electrons. The molecule has 3 heterocycles. The van der Waals surface area contributed by atoms with Crippen molar-refractivity contribution in [2.45, 2.75) is 32.6 Å². The second-order valence-electron chi connectivity index (χ2n) is 9.10. The van der Waals surface area contributed by atoms with Crippen LogP contribution < -0.4 is 14.8 Å². The number of fused-ring (bicyclic) bond motifs is 1. The standard InChI is InChI=1S/C29H31N5O3/c1-36-24-11-9-21(10-12-24)17-31-29(35)28-26-20-33(18-22-6-5-8-25(16-22)37-2)15-13-27(26)34(32-28)19-23-7-3-4-14-30-23/h3-12,14,16H,13,15,17-20H2,1-2H3,(H,31,35). The Kier molecular flexibility index (Phi) is 7.46. The summed E-state index contributed by atoms with van der Waals surface area (Å²) in [5.41, 5.74) is 5.65. The molecular formula is C29H31N5O3. The fraction of sp³-hybridized carbons (Fsp3) is 0.276. The summed E-state index contributed by atoms with van der Waals surface area (Å²) in [5.74, 6) is 1.46. The molecule has 2 aromatic heterocycles. The molecule has 1 aliphatic rings. The lowest BCUT2D eigenvalue weighted by atomic mass is 10.0. The Morgan fingerprint density at radius 2 is 1.78 bits per heavy atom. The van der Waals surface area contributed by atoms with Crippen molar-refractivity contribution in [1.29, 1.82) is 0 Å². The van der Waals surface area contributed by atoms with Gasteiger partial charge in [-0.2, -0.15) is 5.10 Å². The first-order valence-electron chi connectivity index (χ1n) is 12.4. The van der Waals surface area contributed by atoms with E-state index in [2.05, 4.69) is 27.3 Å². The molecule has 4 aromatic rings. The molecule has 1 N–H and O–H groups in total. The van der Waals surface area contributed by atoms with Gasteiger partial charge in [-0.05, 0) is 47.5 Å². The average Bonchev–Trinajstić information content (AvgIpc) is 3.30. The first-order valence-corrected chi connectivity index (χ1v) is 12.4. The number of rotatable bonds is 9. The number of pyridine rings is 1. The number of ether oxygens (including phenoxy) is 2. The highest BCUT2D eigenvalue weighted by atomic mass is 16.5. The summed E-state index contributed by atoms with van der Waals surface area (Å²) < 4.78 is 12.6. The van der Waals surface area contributed by atoms with Gasteiger partial charge in [-0.3, -0.25) is 19.4 Å². The Hall–Kier alpha value is -4.17. The fourth-order valence-corrected chi connectivity index (χ4v) is 4.68. The van der Waals surface area contributed by atoms with Crippen molar-refractivity contribution in [3.8, 4) is 11.5 Å². The summed E-state index contributed by atoms with van der Waals surface area (Å²) in [6, 6.07) is 21.6. The number of hydrogen-bond acceptors (Lipinski definition) is 6. The van der Waals surface area contributed by atoms with Gasteiger partial charge in [0.15, 0.2) is 5.69 Å². The molecule has 0 bridgehead atoms. The van der Waals surface area contributed by atoms with Crippen LogP contribution in [0.2, 0.25) is 0 Å². The van der Waals surface area contributed by atoms with Crippen molar-refractivity contribution >= 4 is 5.91 Å². The quantitative estimate of drug-likeness (QED) is 0.379. The van der Waals surface area contributed by atoms with Crippen LogP contribution in [0.25, 0.3) is 0 Å². The molecular weight excluding hydrogens is 466 g/mol. The first-order chi connectivity index (χ1) is 18.1. The highest BCUT2D eigenvalue weighted by Gasteiger charge is 2.28. The monoisotopic (exact) mass is 497 g/mol. The molecule has 37 heavy (non-hydrogen) atoms. The SMILES string of the molecule is COc1ccc(CNC(=O)c2nn(Cc3ccccn3)c3c2CN(Cc2cccc(OC)c2)CC3)cc1. The van der Waals surface area contributed by atoms with E-state index in [1.807, 2.05) is 59.3 Å². The molecule has 5 rings (SSSR count).